The van der Waals surface area contributed by atoms with Gasteiger partial charge in [0, 0.05) is 24.2 Å². The number of carbonyl (C=O) groups excluding carboxylic acids is 1. The number of hydrogen-bond acceptors (Lipinski definition) is 7. The Hall–Kier alpha value is -2.91. The van der Waals surface area contributed by atoms with Gasteiger partial charge in [0.25, 0.3) is 11.6 Å². The Labute approximate surface area is 177 Å². The number of nitro groups is 1. The van der Waals surface area contributed by atoms with Crippen LogP contribution in [0.25, 0.3) is 6.08 Å². The number of carbonyl (C=O) groups is 1. The van der Waals surface area contributed by atoms with Gasteiger partial charge in [0.05, 0.1) is 9.83 Å². The summed E-state index contributed by atoms with van der Waals surface area (Å²) < 4.78 is 11.8. The van der Waals surface area contributed by atoms with Crippen LogP contribution >= 0.6 is 24.0 Å². The van der Waals surface area contributed by atoms with E-state index in [-0.39, 0.29) is 18.2 Å². The van der Waals surface area contributed by atoms with Crippen LogP contribution in [0.5, 0.6) is 11.5 Å². The number of benzene rings is 2. The fourth-order valence-corrected chi connectivity index (χ4v) is 4.01. The number of non-ortho nitro benzene ring substituents is 1. The van der Waals surface area contributed by atoms with Crippen LogP contribution in [0.2, 0.25) is 0 Å². The van der Waals surface area contributed by atoms with Crippen LogP contribution in [0, 0.1) is 10.1 Å². The number of hydrogen-bond donors (Lipinski definition) is 0. The molecule has 1 fully saturated rings. The van der Waals surface area contributed by atoms with Gasteiger partial charge in [-0.1, -0.05) is 42.2 Å². The normalized spacial score (nSPS) is 15.1. The standard InChI is InChI=1S/C20H18N2O5S2/c1-2-21-19(23)18(29-20(21)28)13-14-12-15(22(24)25)8-9-17(14)27-11-10-26-16-6-4-3-5-7-16/h3-9,12-13H,2,10-11H2,1H3/b18-13-. The van der Waals surface area contributed by atoms with E-state index < -0.39 is 4.92 Å². The zero-order valence-electron chi connectivity index (χ0n) is 15.6. The summed E-state index contributed by atoms with van der Waals surface area (Å²) in [4.78, 5) is 25.0. The molecule has 0 saturated carbocycles. The highest BCUT2D eigenvalue weighted by molar-refractivity contribution is 8.26. The lowest BCUT2D eigenvalue weighted by Gasteiger charge is -2.11. The molecule has 0 N–H and O–H groups in total. The first-order valence-corrected chi connectivity index (χ1v) is 10.1. The van der Waals surface area contributed by atoms with Gasteiger partial charge in [0.1, 0.15) is 29.0 Å². The van der Waals surface area contributed by atoms with E-state index in [4.69, 9.17) is 21.7 Å². The van der Waals surface area contributed by atoms with Crippen molar-refractivity contribution in [2.45, 2.75) is 6.92 Å². The SMILES string of the molecule is CCN1C(=O)/C(=C/c2cc([N+](=O)[O-])ccc2OCCOc2ccccc2)SC1=S. The van der Waals surface area contributed by atoms with E-state index in [1.54, 1.807) is 6.08 Å². The van der Waals surface area contributed by atoms with E-state index in [1.807, 2.05) is 37.3 Å². The second-order valence-corrected chi connectivity index (χ2v) is 7.59. The van der Waals surface area contributed by atoms with Gasteiger partial charge in [0.2, 0.25) is 0 Å². The number of thiocarbonyl (C=S) groups is 1. The van der Waals surface area contributed by atoms with E-state index in [0.717, 1.165) is 5.75 Å². The minimum atomic E-state index is -0.489. The van der Waals surface area contributed by atoms with Crippen LogP contribution < -0.4 is 9.47 Å². The van der Waals surface area contributed by atoms with Crippen molar-refractivity contribution in [3.63, 3.8) is 0 Å². The topological polar surface area (TPSA) is 81.9 Å². The first-order chi connectivity index (χ1) is 14.0. The molecule has 29 heavy (non-hydrogen) atoms. The quantitative estimate of drug-likeness (QED) is 0.203. The molecule has 0 radical (unpaired) electrons. The summed E-state index contributed by atoms with van der Waals surface area (Å²) in [6.45, 7) is 2.85. The maximum atomic E-state index is 12.5. The maximum absolute atomic E-state index is 12.5. The fourth-order valence-electron chi connectivity index (χ4n) is 2.64. The number of amides is 1. The van der Waals surface area contributed by atoms with Crippen molar-refractivity contribution in [1.82, 2.24) is 4.90 Å². The highest BCUT2D eigenvalue weighted by Gasteiger charge is 2.31. The molecular formula is C20H18N2O5S2. The molecule has 7 nitrogen and oxygen atoms in total. The van der Waals surface area contributed by atoms with E-state index in [9.17, 15) is 14.9 Å². The Kier molecular flexibility index (Phi) is 6.84. The number of rotatable bonds is 8. The van der Waals surface area contributed by atoms with Gasteiger partial charge in [-0.3, -0.25) is 19.8 Å². The van der Waals surface area contributed by atoms with E-state index in [2.05, 4.69) is 0 Å². The zero-order chi connectivity index (χ0) is 20.8. The predicted molar refractivity (Wildman–Crippen MR) is 116 cm³/mol. The second-order valence-electron chi connectivity index (χ2n) is 5.92. The average molecular weight is 431 g/mol. The minimum Gasteiger partial charge on any atom is -0.490 e. The molecule has 1 heterocycles. The molecule has 0 atom stereocenters. The first-order valence-electron chi connectivity index (χ1n) is 8.84. The Morgan fingerprint density at radius 2 is 1.90 bits per heavy atom. The van der Waals surface area contributed by atoms with Gasteiger partial charge in [-0.05, 0) is 31.2 Å². The van der Waals surface area contributed by atoms with Crippen LogP contribution in [0.4, 0.5) is 5.69 Å². The highest BCUT2D eigenvalue weighted by atomic mass is 32.2. The van der Waals surface area contributed by atoms with Crippen LogP contribution in [0.1, 0.15) is 12.5 Å². The average Bonchev–Trinajstić information content (AvgIpc) is 2.99. The summed E-state index contributed by atoms with van der Waals surface area (Å²) in [5.41, 5.74) is 0.352. The lowest BCUT2D eigenvalue weighted by atomic mass is 10.1. The molecule has 1 aliphatic heterocycles. The van der Waals surface area contributed by atoms with Crippen molar-refractivity contribution in [3.8, 4) is 11.5 Å². The predicted octanol–water partition coefficient (Wildman–Crippen LogP) is 4.27. The Morgan fingerprint density at radius 1 is 1.17 bits per heavy atom. The molecule has 2 aromatic rings. The van der Waals surface area contributed by atoms with Crippen molar-refractivity contribution in [3.05, 3.63) is 69.1 Å². The smallest absolute Gasteiger partial charge is 0.270 e. The molecule has 0 aliphatic carbocycles. The van der Waals surface area contributed by atoms with E-state index >= 15 is 0 Å². The molecule has 2 aromatic carbocycles. The Morgan fingerprint density at radius 3 is 2.55 bits per heavy atom. The monoisotopic (exact) mass is 430 g/mol. The summed E-state index contributed by atoms with van der Waals surface area (Å²) in [6, 6.07) is 13.6. The number of nitro benzene ring substituents is 1. The van der Waals surface area contributed by atoms with Crippen LogP contribution in [-0.2, 0) is 4.79 Å². The number of ether oxygens (including phenoxy) is 2. The lowest BCUT2D eigenvalue weighted by molar-refractivity contribution is -0.384. The third-order valence-corrected chi connectivity index (χ3v) is 5.41. The van der Waals surface area contributed by atoms with Gasteiger partial charge in [-0.2, -0.15) is 0 Å². The molecule has 150 valence electrons. The molecule has 1 saturated heterocycles. The van der Waals surface area contributed by atoms with Gasteiger partial charge in [-0.25, -0.2) is 0 Å². The van der Waals surface area contributed by atoms with Crippen molar-refractivity contribution in [2.24, 2.45) is 0 Å². The molecule has 1 amide bonds. The van der Waals surface area contributed by atoms with Crippen LogP contribution in [0.3, 0.4) is 0 Å². The molecule has 3 rings (SSSR count). The van der Waals surface area contributed by atoms with Crippen LogP contribution in [0.15, 0.2) is 53.4 Å². The summed E-state index contributed by atoms with van der Waals surface area (Å²) >= 11 is 6.38. The molecule has 0 unspecified atom stereocenters. The van der Waals surface area contributed by atoms with Crippen molar-refractivity contribution in [2.75, 3.05) is 19.8 Å². The van der Waals surface area contributed by atoms with Gasteiger partial charge in [0.15, 0.2) is 0 Å². The Balaban J connectivity index is 1.77. The number of likely N-dealkylation sites (N-methyl/N-ethyl adjacent to an activating group) is 1. The highest BCUT2D eigenvalue weighted by Crippen LogP contribution is 2.35. The van der Waals surface area contributed by atoms with Crippen molar-refractivity contribution >= 4 is 46.0 Å². The summed E-state index contributed by atoms with van der Waals surface area (Å²) in [5, 5.41) is 11.2. The molecule has 0 spiro atoms. The second kappa shape index (κ2) is 9.53. The fraction of sp³-hybridized carbons (Fsp3) is 0.200. The maximum Gasteiger partial charge on any atom is 0.270 e. The largest absolute Gasteiger partial charge is 0.490 e. The molecule has 0 bridgehead atoms. The molecular weight excluding hydrogens is 412 g/mol. The Bertz CT molecular complexity index is 963. The van der Waals surface area contributed by atoms with Gasteiger partial charge >= 0.3 is 0 Å². The number of thioether (sulfide) groups is 1. The van der Waals surface area contributed by atoms with E-state index in [1.165, 1.54) is 34.9 Å². The van der Waals surface area contributed by atoms with Crippen molar-refractivity contribution in [1.29, 1.82) is 0 Å². The molecule has 9 heteroatoms. The first kappa shape index (κ1) is 20.8. The van der Waals surface area contributed by atoms with Gasteiger partial charge < -0.3 is 9.47 Å². The van der Waals surface area contributed by atoms with Crippen LogP contribution in [-0.4, -0.2) is 39.8 Å². The summed E-state index contributed by atoms with van der Waals surface area (Å²) in [7, 11) is 0. The third kappa shape index (κ3) is 5.12. The van der Waals surface area contributed by atoms with Crippen molar-refractivity contribution < 1.29 is 19.2 Å². The summed E-state index contributed by atoms with van der Waals surface area (Å²) in [6.07, 6.45) is 1.58. The number of para-hydroxylation sites is 1. The third-order valence-electron chi connectivity index (χ3n) is 4.03. The summed E-state index contributed by atoms with van der Waals surface area (Å²) in [5.74, 6) is 0.935. The minimum absolute atomic E-state index is 0.0879. The lowest BCUT2D eigenvalue weighted by Crippen LogP contribution is -2.27. The zero-order valence-corrected chi connectivity index (χ0v) is 17.2. The molecule has 0 aromatic heterocycles. The van der Waals surface area contributed by atoms with E-state index in [0.29, 0.717) is 33.7 Å². The van der Waals surface area contributed by atoms with Gasteiger partial charge in [-0.15, -0.1) is 0 Å². The number of nitrogens with zero attached hydrogens (tertiary/aromatic N) is 2. The molecule has 1 aliphatic rings.